The third kappa shape index (κ3) is 4.39. The van der Waals surface area contributed by atoms with Crippen LogP contribution in [0.25, 0.3) is 0 Å². The molecular weight excluding hydrogens is 394 g/mol. The molecule has 0 spiro atoms. The molecule has 0 bridgehead atoms. The lowest BCUT2D eigenvalue weighted by Gasteiger charge is -2.18. The second-order valence-electron chi connectivity index (χ2n) is 6.09. The van der Waals surface area contributed by atoms with Crippen molar-refractivity contribution in [3.05, 3.63) is 48.0 Å². The molecule has 0 fully saturated rings. The van der Waals surface area contributed by atoms with E-state index in [1.54, 1.807) is 0 Å². The summed E-state index contributed by atoms with van der Waals surface area (Å²) in [5, 5.41) is 2.16. The summed E-state index contributed by atoms with van der Waals surface area (Å²) in [6, 6.07) is 6.75. The molecule has 0 saturated carbocycles. The van der Waals surface area contributed by atoms with Gasteiger partial charge in [0.2, 0.25) is 15.9 Å². The fraction of sp³-hybridized carbons (Fsp3) is 0.278. The summed E-state index contributed by atoms with van der Waals surface area (Å²) in [5.41, 5.74) is -0.369. The summed E-state index contributed by atoms with van der Waals surface area (Å²) >= 11 is 0. The number of rotatable bonds is 5. The minimum absolute atomic E-state index is 0.0796. The predicted octanol–water partition coefficient (Wildman–Crippen LogP) is 2.39. The van der Waals surface area contributed by atoms with Crippen LogP contribution in [-0.2, 0) is 14.8 Å². The molecule has 0 saturated heterocycles. The van der Waals surface area contributed by atoms with Crippen LogP contribution in [0.3, 0.4) is 0 Å². The molecule has 1 amide bonds. The molecule has 0 aromatic heterocycles. The molecule has 3 rings (SSSR count). The standard InChI is InChI=1S/C18H18F2N2O5S/c1-22(11-18(23)21-15-9-12(19)3-5-14(15)20)28(24,25)13-4-6-16-17(10-13)27-8-2-7-26-16/h3-6,9-10H,2,7-8,11H2,1H3,(H,21,23). The van der Waals surface area contributed by atoms with Crippen molar-refractivity contribution in [3.8, 4) is 11.5 Å². The summed E-state index contributed by atoms with van der Waals surface area (Å²) < 4.78 is 64.0. The van der Waals surface area contributed by atoms with Gasteiger partial charge in [-0.15, -0.1) is 0 Å². The van der Waals surface area contributed by atoms with E-state index in [1.807, 2.05) is 0 Å². The summed E-state index contributed by atoms with van der Waals surface area (Å²) in [7, 11) is -2.81. The smallest absolute Gasteiger partial charge is 0.243 e. The Hall–Kier alpha value is -2.72. The highest BCUT2D eigenvalue weighted by atomic mass is 32.2. The van der Waals surface area contributed by atoms with E-state index < -0.39 is 34.1 Å². The Morgan fingerprint density at radius 1 is 1.11 bits per heavy atom. The van der Waals surface area contributed by atoms with Gasteiger partial charge in [-0.1, -0.05) is 0 Å². The van der Waals surface area contributed by atoms with Crippen LogP contribution in [-0.4, -0.2) is 45.4 Å². The van der Waals surface area contributed by atoms with E-state index in [0.29, 0.717) is 31.1 Å². The Labute approximate surface area is 160 Å². The number of carbonyl (C=O) groups is 1. The number of likely N-dealkylation sites (N-methyl/N-ethyl adjacent to an activating group) is 1. The first-order valence-electron chi connectivity index (χ1n) is 8.38. The van der Waals surface area contributed by atoms with E-state index in [4.69, 9.17) is 9.47 Å². The van der Waals surface area contributed by atoms with Crippen LogP contribution in [0.4, 0.5) is 14.5 Å². The van der Waals surface area contributed by atoms with Gasteiger partial charge in [-0.05, 0) is 24.3 Å². The molecule has 0 radical (unpaired) electrons. The van der Waals surface area contributed by atoms with E-state index in [1.165, 1.54) is 25.2 Å². The highest BCUT2D eigenvalue weighted by molar-refractivity contribution is 7.89. The van der Waals surface area contributed by atoms with Gasteiger partial charge >= 0.3 is 0 Å². The van der Waals surface area contributed by atoms with Gasteiger partial charge in [0.05, 0.1) is 30.3 Å². The van der Waals surface area contributed by atoms with Crippen molar-refractivity contribution >= 4 is 21.6 Å². The Kier molecular flexibility index (Phi) is 5.80. The van der Waals surface area contributed by atoms with Crippen LogP contribution in [0.1, 0.15) is 6.42 Å². The molecule has 2 aromatic rings. The van der Waals surface area contributed by atoms with Gasteiger partial charge in [-0.3, -0.25) is 4.79 Å². The number of hydrogen-bond donors (Lipinski definition) is 1. The van der Waals surface area contributed by atoms with Gasteiger partial charge in [-0.2, -0.15) is 4.31 Å². The number of hydrogen-bond acceptors (Lipinski definition) is 5. The van der Waals surface area contributed by atoms with Crippen LogP contribution in [0.2, 0.25) is 0 Å². The largest absolute Gasteiger partial charge is 0.490 e. The molecular formula is C18H18F2N2O5S. The second kappa shape index (κ2) is 8.11. The van der Waals surface area contributed by atoms with Crippen LogP contribution in [0, 0.1) is 11.6 Å². The van der Waals surface area contributed by atoms with E-state index in [9.17, 15) is 22.0 Å². The Morgan fingerprint density at radius 3 is 2.57 bits per heavy atom. The first-order valence-corrected chi connectivity index (χ1v) is 9.82. The van der Waals surface area contributed by atoms with Crippen LogP contribution >= 0.6 is 0 Å². The molecule has 1 N–H and O–H groups in total. The fourth-order valence-electron chi connectivity index (χ4n) is 2.55. The third-order valence-corrected chi connectivity index (χ3v) is 5.80. The third-order valence-electron chi connectivity index (χ3n) is 4.00. The molecule has 0 atom stereocenters. The number of fused-ring (bicyclic) bond motifs is 1. The zero-order valence-corrected chi connectivity index (χ0v) is 15.8. The Bertz CT molecular complexity index is 997. The molecule has 0 aliphatic carbocycles. The first-order chi connectivity index (χ1) is 13.3. The number of benzene rings is 2. The molecule has 1 aliphatic rings. The SMILES string of the molecule is CN(CC(=O)Nc1cc(F)ccc1F)S(=O)(=O)c1ccc2c(c1)OCCCO2. The van der Waals surface area contributed by atoms with Gasteiger partial charge in [-0.25, -0.2) is 17.2 Å². The van der Waals surface area contributed by atoms with E-state index in [0.717, 1.165) is 22.5 Å². The van der Waals surface area contributed by atoms with E-state index in [-0.39, 0.29) is 10.6 Å². The second-order valence-corrected chi connectivity index (χ2v) is 8.14. The Balaban J connectivity index is 1.74. The average molecular weight is 412 g/mol. The van der Waals surface area contributed by atoms with E-state index >= 15 is 0 Å². The molecule has 0 unspecified atom stereocenters. The van der Waals surface area contributed by atoms with Gasteiger partial charge < -0.3 is 14.8 Å². The summed E-state index contributed by atoms with van der Waals surface area (Å²) in [6.45, 7) is 0.274. The van der Waals surface area contributed by atoms with Gasteiger partial charge in [0.1, 0.15) is 11.6 Å². The minimum Gasteiger partial charge on any atom is -0.490 e. The van der Waals surface area contributed by atoms with Crippen LogP contribution < -0.4 is 14.8 Å². The molecule has 2 aromatic carbocycles. The molecule has 150 valence electrons. The highest BCUT2D eigenvalue weighted by Gasteiger charge is 2.25. The van der Waals surface area contributed by atoms with Crippen LogP contribution in [0.5, 0.6) is 11.5 Å². The minimum atomic E-state index is -4.02. The topological polar surface area (TPSA) is 84.9 Å². The maximum absolute atomic E-state index is 13.6. The van der Waals surface area contributed by atoms with Crippen molar-refractivity contribution in [3.63, 3.8) is 0 Å². The zero-order chi connectivity index (χ0) is 20.3. The first kappa shape index (κ1) is 20.0. The maximum Gasteiger partial charge on any atom is 0.243 e. The number of anilines is 1. The highest BCUT2D eigenvalue weighted by Crippen LogP contribution is 2.32. The maximum atomic E-state index is 13.6. The monoisotopic (exact) mass is 412 g/mol. The quantitative estimate of drug-likeness (QED) is 0.815. The number of ether oxygens (including phenoxy) is 2. The Morgan fingerprint density at radius 2 is 1.82 bits per heavy atom. The lowest BCUT2D eigenvalue weighted by molar-refractivity contribution is -0.116. The molecule has 1 aliphatic heterocycles. The van der Waals surface area contributed by atoms with Crippen molar-refractivity contribution in [1.82, 2.24) is 4.31 Å². The lowest BCUT2D eigenvalue weighted by Crippen LogP contribution is -2.35. The van der Waals surface area contributed by atoms with Crippen molar-refractivity contribution in [1.29, 1.82) is 0 Å². The molecule has 1 heterocycles. The van der Waals surface area contributed by atoms with Crippen molar-refractivity contribution in [2.45, 2.75) is 11.3 Å². The fourth-order valence-corrected chi connectivity index (χ4v) is 3.70. The van der Waals surface area contributed by atoms with Crippen molar-refractivity contribution < 1.29 is 31.5 Å². The van der Waals surface area contributed by atoms with Crippen molar-refractivity contribution in [2.75, 3.05) is 32.1 Å². The lowest BCUT2D eigenvalue weighted by atomic mass is 10.3. The predicted molar refractivity (Wildman–Crippen MR) is 96.9 cm³/mol. The number of amides is 1. The van der Waals surface area contributed by atoms with Crippen molar-refractivity contribution in [2.24, 2.45) is 0 Å². The number of nitrogens with zero attached hydrogens (tertiary/aromatic N) is 1. The van der Waals surface area contributed by atoms with Crippen LogP contribution in [0.15, 0.2) is 41.3 Å². The summed E-state index contributed by atoms with van der Waals surface area (Å²) in [6.07, 6.45) is 0.674. The number of nitrogens with one attached hydrogen (secondary N) is 1. The molecule has 7 nitrogen and oxygen atoms in total. The number of carbonyl (C=O) groups excluding carboxylic acids is 1. The molecule has 10 heteroatoms. The number of sulfonamides is 1. The molecule has 28 heavy (non-hydrogen) atoms. The normalized spacial score (nSPS) is 13.9. The summed E-state index contributed by atoms with van der Waals surface area (Å²) in [5.74, 6) is -1.63. The summed E-state index contributed by atoms with van der Waals surface area (Å²) in [4.78, 5) is 12.0. The zero-order valence-electron chi connectivity index (χ0n) is 14.9. The van der Waals surface area contributed by atoms with Gasteiger partial charge in [0, 0.05) is 25.6 Å². The van der Waals surface area contributed by atoms with Gasteiger partial charge in [0.15, 0.2) is 11.5 Å². The van der Waals surface area contributed by atoms with Gasteiger partial charge in [0.25, 0.3) is 0 Å². The average Bonchev–Trinajstić information content (AvgIpc) is 2.89. The number of halogens is 2. The van der Waals surface area contributed by atoms with E-state index in [2.05, 4.69) is 5.32 Å².